The Morgan fingerprint density at radius 3 is 2.35 bits per heavy atom. The number of benzene rings is 1. The largest absolute Gasteiger partial charge is 0.573 e. The third kappa shape index (κ3) is 5.60. The Morgan fingerprint density at radius 1 is 1.18 bits per heavy atom. The van der Waals surface area contributed by atoms with E-state index in [0.717, 1.165) is 0 Å². The van der Waals surface area contributed by atoms with E-state index in [1.807, 2.05) is 0 Å². The smallest absolute Gasteiger partial charge is 0.464 e. The molecule has 0 saturated heterocycles. The molecular weight excluding hydrogens is 237 g/mol. The fourth-order valence-electron chi connectivity index (χ4n) is 1.06. The number of ether oxygens (including phenoxy) is 2. The van der Waals surface area contributed by atoms with E-state index < -0.39 is 6.36 Å². The molecule has 0 aliphatic carbocycles. The first-order valence-corrected chi connectivity index (χ1v) is 4.59. The molecule has 0 radical (unpaired) electrons. The summed E-state index contributed by atoms with van der Waals surface area (Å²) >= 11 is 0. The van der Waals surface area contributed by atoms with Gasteiger partial charge >= 0.3 is 6.36 Å². The third-order valence-electron chi connectivity index (χ3n) is 1.68. The molecule has 1 aromatic rings. The number of carbonyl (C=O) groups excluding carboxylic acids is 1. The summed E-state index contributed by atoms with van der Waals surface area (Å²) in [5.74, 6) is -0.279. The Balaban J connectivity index is 2.56. The molecule has 0 spiro atoms. The summed E-state index contributed by atoms with van der Waals surface area (Å²) in [5, 5.41) is 0. The van der Waals surface area contributed by atoms with Gasteiger partial charge in [0.25, 0.3) is 6.47 Å². The second kappa shape index (κ2) is 5.93. The van der Waals surface area contributed by atoms with Crippen LogP contribution in [-0.4, -0.2) is 19.4 Å². The Hall–Kier alpha value is -1.98. The van der Waals surface area contributed by atoms with Gasteiger partial charge in [-0.05, 0) is 23.8 Å². The Morgan fingerprint density at radius 2 is 1.82 bits per heavy atom. The van der Waals surface area contributed by atoms with E-state index in [2.05, 4.69) is 9.47 Å². The minimum absolute atomic E-state index is 0.115. The van der Waals surface area contributed by atoms with Crippen LogP contribution in [0.25, 0.3) is 6.08 Å². The van der Waals surface area contributed by atoms with Crippen LogP contribution in [0.5, 0.6) is 5.75 Å². The number of hydrogen-bond donors (Lipinski definition) is 0. The first-order chi connectivity index (χ1) is 8.01. The van der Waals surface area contributed by atoms with Crippen molar-refractivity contribution >= 4 is 12.5 Å². The number of alkyl halides is 3. The van der Waals surface area contributed by atoms with Gasteiger partial charge in [0, 0.05) is 0 Å². The predicted molar refractivity (Wildman–Crippen MR) is 54.2 cm³/mol. The Kier molecular flexibility index (Phi) is 4.56. The van der Waals surface area contributed by atoms with Crippen LogP contribution in [0.1, 0.15) is 5.56 Å². The number of carbonyl (C=O) groups is 1. The van der Waals surface area contributed by atoms with Gasteiger partial charge in [-0.1, -0.05) is 18.2 Å². The van der Waals surface area contributed by atoms with Crippen LogP contribution in [0, 0.1) is 0 Å². The van der Waals surface area contributed by atoms with E-state index in [4.69, 9.17) is 0 Å². The van der Waals surface area contributed by atoms with Crippen LogP contribution in [0.3, 0.4) is 0 Å². The summed E-state index contributed by atoms with van der Waals surface area (Å²) in [7, 11) is 0. The van der Waals surface area contributed by atoms with Gasteiger partial charge < -0.3 is 9.47 Å². The average molecular weight is 246 g/mol. The second-order valence-corrected chi connectivity index (χ2v) is 2.95. The summed E-state index contributed by atoms with van der Waals surface area (Å²) in [6.45, 7) is 0.426. The van der Waals surface area contributed by atoms with Gasteiger partial charge in [-0.2, -0.15) is 0 Å². The molecule has 0 amide bonds. The lowest BCUT2D eigenvalue weighted by Crippen LogP contribution is -2.16. The number of halogens is 3. The SMILES string of the molecule is O=COC/C=C/c1ccc(OC(F)(F)F)cc1. The van der Waals surface area contributed by atoms with E-state index in [9.17, 15) is 18.0 Å². The predicted octanol–water partition coefficient (Wildman–Crippen LogP) is 2.77. The lowest BCUT2D eigenvalue weighted by Gasteiger charge is -2.08. The van der Waals surface area contributed by atoms with Crippen molar-refractivity contribution in [2.45, 2.75) is 6.36 Å². The first kappa shape index (κ1) is 13.1. The fourth-order valence-corrected chi connectivity index (χ4v) is 1.06. The molecule has 3 nitrogen and oxygen atoms in total. The van der Waals surface area contributed by atoms with Crippen molar-refractivity contribution in [1.82, 2.24) is 0 Å². The van der Waals surface area contributed by atoms with Gasteiger partial charge in [0.15, 0.2) is 0 Å². The zero-order valence-corrected chi connectivity index (χ0v) is 8.61. The monoisotopic (exact) mass is 246 g/mol. The molecule has 0 aliphatic rings. The molecule has 1 rings (SSSR count). The normalized spacial score (nSPS) is 11.5. The van der Waals surface area contributed by atoms with Crippen LogP contribution in [0.15, 0.2) is 30.3 Å². The quantitative estimate of drug-likeness (QED) is 0.592. The molecule has 0 atom stereocenters. The van der Waals surface area contributed by atoms with Crippen LogP contribution in [0.2, 0.25) is 0 Å². The molecule has 1 aromatic carbocycles. The van der Waals surface area contributed by atoms with Crippen LogP contribution in [-0.2, 0) is 9.53 Å². The molecule has 0 N–H and O–H groups in total. The molecule has 0 fully saturated rings. The molecule has 17 heavy (non-hydrogen) atoms. The zero-order valence-electron chi connectivity index (χ0n) is 8.61. The van der Waals surface area contributed by atoms with Crippen molar-refractivity contribution in [3.8, 4) is 5.75 Å². The van der Waals surface area contributed by atoms with Gasteiger partial charge in [-0.15, -0.1) is 13.2 Å². The molecule has 0 bridgehead atoms. The Labute approximate surface area is 95.5 Å². The van der Waals surface area contributed by atoms with E-state index in [1.54, 1.807) is 12.2 Å². The van der Waals surface area contributed by atoms with Gasteiger partial charge in [-0.25, -0.2) is 0 Å². The van der Waals surface area contributed by atoms with Crippen molar-refractivity contribution in [2.75, 3.05) is 6.61 Å². The summed E-state index contributed by atoms with van der Waals surface area (Å²) < 4.78 is 43.6. The van der Waals surface area contributed by atoms with E-state index in [0.29, 0.717) is 12.0 Å². The highest BCUT2D eigenvalue weighted by molar-refractivity contribution is 5.51. The van der Waals surface area contributed by atoms with Crippen LogP contribution >= 0.6 is 0 Å². The van der Waals surface area contributed by atoms with Crippen molar-refractivity contribution in [3.05, 3.63) is 35.9 Å². The summed E-state index contributed by atoms with van der Waals surface area (Å²) in [4.78, 5) is 9.81. The van der Waals surface area contributed by atoms with E-state index in [1.165, 1.54) is 24.3 Å². The van der Waals surface area contributed by atoms with Gasteiger partial charge in [0.05, 0.1) is 0 Å². The van der Waals surface area contributed by atoms with Gasteiger partial charge in [0.1, 0.15) is 12.4 Å². The summed E-state index contributed by atoms with van der Waals surface area (Å²) in [6.07, 6.45) is -1.51. The minimum atomic E-state index is -4.69. The molecule has 0 aliphatic heterocycles. The van der Waals surface area contributed by atoms with E-state index in [-0.39, 0.29) is 12.4 Å². The topological polar surface area (TPSA) is 35.5 Å². The highest BCUT2D eigenvalue weighted by Crippen LogP contribution is 2.22. The second-order valence-electron chi connectivity index (χ2n) is 2.95. The van der Waals surface area contributed by atoms with Crippen molar-refractivity contribution < 1.29 is 27.4 Å². The zero-order chi connectivity index (χ0) is 12.7. The maximum atomic E-state index is 11.8. The summed E-state index contributed by atoms with van der Waals surface area (Å²) in [6, 6.07) is 5.32. The molecule has 0 saturated carbocycles. The maximum absolute atomic E-state index is 11.8. The molecule has 6 heteroatoms. The fraction of sp³-hybridized carbons (Fsp3) is 0.182. The van der Waals surface area contributed by atoms with Crippen molar-refractivity contribution in [1.29, 1.82) is 0 Å². The third-order valence-corrected chi connectivity index (χ3v) is 1.68. The highest BCUT2D eigenvalue weighted by atomic mass is 19.4. The molecule has 0 unspecified atom stereocenters. The van der Waals surface area contributed by atoms with Gasteiger partial charge in [-0.3, -0.25) is 4.79 Å². The number of hydrogen-bond acceptors (Lipinski definition) is 3. The first-order valence-electron chi connectivity index (χ1n) is 4.59. The summed E-state index contributed by atoms with van der Waals surface area (Å²) in [5.41, 5.74) is 0.675. The van der Waals surface area contributed by atoms with Gasteiger partial charge in [0.2, 0.25) is 0 Å². The average Bonchev–Trinajstić information content (AvgIpc) is 2.25. The molecule has 92 valence electrons. The van der Waals surface area contributed by atoms with Crippen LogP contribution in [0.4, 0.5) is 13.2 Å². The maximum Gasteiger partial charge on any atom is 0.573 e. The molecule has 0 aromatic heterocycles. The highest BCUT2D eigenvalue weighted by Gasteiger charge is 2.30. The minimum Gasteiger partial charge on any atom is -0.464 e. The lowest BCUT2D eigenvalue weighted by atomic mass is 10.2. The standard InChI is InChI=1S/C11H9F3O3/c12-11(13,14)17-10-5-3-9(4-6-10)2-1-7-16-8-15/h1-6,8H,7H2/b2-1+. The Bertz CT molecular complexity index is 382. The van der Waals surface area contributed by atoms with Crippen molar-refractivity contribution in [3.63, 3.8) is 0 Å². The van der Waals surface area contributed by atoms with E-state index >= 15 is 0 Å². The number of rotatable bonds is 5. The van der Waals surface area contributed by atoms with Crippen LogP contribution < -0.4 is 4.74 Å². The molecular formula is C11H9F3O3. The van der Waals surface area contributed by atoms with Crippen molar-refractivity contribution in [2.24, 2.45) is 0 Å². The molecule has 0 heterocycles. The lowest BCUT2D eigenvalue weighted by molar-refractivity contribution is -0.274.